The van der Waals surface area contributed by atoms with Crippen LogP contribution in [0.25, 0.3) is 10.9 Å². The normalized spacial score (nSPS) is 18.2. The van der Waals surface area contributed by atoms with Gasteiger partial charge in [0, 0.05) is 18.0 Å². The third kappa shape index (κ3) is 4.20. The first-order valence-corrected chi connectivity index (χ1v) is 9.76. The first-order valence-electron chi connectivity index (χ1n) is 9.76. The Hall–Kier alpha value is -3.88. The molecule has 0 aliphatic carbocycles. The zero-order chi connectivity index (χ0) is 22.0. The third-order valence-corrected chi connectivity index (χ3v) is 5.20. The van der Waals surface area contributed by atoms with Crippen LogP contribution in [0.15, 0.2) is 60.8 Å². The second kappa shape index (κ2) is 8.47. The van der Waals surface area contributed by atoms with Gasteiger partial charge >= 0.3 is 18.0 Å². The number of hydrogen-bond donors (Lipinski definition) is 2. The van der Waals surface area contributed by atoms with Crippen molar-refractivity contribution in [3.63, 3.8) is 0 Å². The monoisotopic (exact) mass is 424 g/mol. The van der Waals surface area contributed by atoms with Crippen LogP contribution in [0.4, 0.5) is 19.7 Å². The molecule has 0 unspecified atom stereocenters. The molecule has 2 atom stereocenters. The van der Waals surface area contributed by atoms with Crippen LogP contribution in [0.5, 0.6) is 0 Å². The molecule has 1 saturated heterocycles. The molecule has 4 rings (SSSR count). The van der Waals surface area contributed by atoms with Gasteiger partial charge in [-0.15, -0.1) is 0 Å². The molecular weight excluding hydrogens is 403 g/mol. The van der Waals surface area contributed by atoms with Crippen molar-refractivity contribution >= 4 is 34.6 Å². The lowest BCUT2D eigenvalue weighted by molar-refractivity contribution is -0.149. The van der Waals surface area contributed by atoms with E-state index >= 15 is 0 Å². The number of nitrogens with zero attached hydrogens (tertiary/aromatic N) is 2. The Kier molecular flexibility index (Phi) is 5.57. The second-order valence-electron chi connectivity index (χ2n) is 7.29. The number of fused-ring (bicyclic) bond motifs is 1. The van der Waals surface area contributed by atoms with Crippen molar-refractivity contribution in [2.45, 2.75) is 25.2 Å². The Morgan fingerprint density at radius 3 is 2.55 bits per heavy atom. The number of primary amides is 1. The molecule has 31 heavy (non-hydrogen) atoms. The number of benzene rings is 2. The van der Waals surface area contributed by atoms with Crippen LogP contribution in [0, 0.1) is 0 Å². The van der Waals surface area contributed by atoms with Gasteiger partial charge in [-0.25, -0.2) is 18.8 Å². The van der Waals surface area contributed by atoms with Crippen molar-refractivity contribution < 1.29 is 23.5 Å². The van der Waals surface area contributed by atoms with Crippen LogP contribution in [0.3, 0.4) is 0 Å². The van der Waals surface area contributed by atoms with Crippen LogP contribution >= 0.6 is 0 Å². The van der Waals surface area contributed by atoms with Crippen LogP contribution < -0.4 is 11.1 Å². The highest BCUT2D eigenvalue weighted by atomic mass is 19.1. The summed E-state index contributed by atoms with van der Waals surface area (Å²) in [4.78, 5) is 38.3. The second-order valence-corrected chi connectivity index (χ2v) is 7.29. The van der Waals surface area contributed by atoms with E-state index in [2.05, 4.69) is 5.32 Å². The van der Waals surface area contributed by atoms with Crippen molar-refractivity contribution in [2.75, 3.05) is 11.9 Å². The first kappa shape index (κ1) is 20.4. The molecule has 0 saturated carbocycles. The minimum absolute atomic E-state index is 0.0364. The number of nitrogens with two attached hydrogens (primary N) is 1. The van der Waals surface area contributed by atoms with Gasteiger partial charge in [0.25, 0.3) is 0 Å². The largest absolute Gasteiger partial charge is 0.459 e. The fourth-order valence-corrected chi connectivity index (χ4v) is 3.71. The maximum atomic E-state index is 14.1. The van der Waals surface area contributed by atoms with Gasteiger partial charge < -0.3 is 20.7 Å². The van der Waals surface area contributed by atoms with Crippen molar-refractivity contribution in [2.24, 2.45) is 5.73 Å². The summed E-state index contributed by atoms with van der Waals surface area (Å²) in [5.74, 6) is -0.668. The van der Waals surface area contributed by atoms with Crippen molar-refractivity contribution in [3.05, 3.63) is 66.4 Å². The summed E-state index contributed by atoms with van der Waals surface area (Å²) in [6.07, 6.45) is -0.0761. The van der Waals surface area contributed by atoms with E-state index in [0.717, 1.165) is 10.5 Å². The number of alkyl halides is 1. The highest BCUT2D eigenvalue weighted by Gasteiger charge is 2.41. The molecule has 1 aromatic heterocycles. The summed E-state index contributed by atoms with van der Waals surface area (Å²) >= 11 is 0. The lowest BCUT2D eigenvalue weighted by Crippen LogP contribution is -2.43. The van der Waals surface area contributed by atoms with Crippen LogP contribution in [-0.4, -0.2) is 46.3 Å². The van der Waals surface area contributed by atoms with Gasteiger partial charge in [0.05, 0.1) is 17.7 Å². The Balaban J connectivity index is 1.50. The molecule has 0 bridgehead atoms. The van der Waals surface area contributed by atoms with E-state index in [0.29, 0.717) is 16.6 Å². The van der Waals surface area contributed by atoms with Gasteiger partial charge in [-0.3, -0.25) is 4.57 Å². The predicted molar refractivity (Wildman–Crippen MR) is 112 cm³/mol. The van der Waals surface area contributed by atoms with E-state index in [9.17, 15) is 18.8 Å². The van der Waals surface area contributed by atoms with E-state index < -0.39 is 30.2 Å². The lowest BCUT2D eigenvalue weighted by Gasteiger charge is -2.23. The highest BCUT2D eigenvalue weighted by molar-refractivity contribution is 6.05. The zero-order valence-electron chi connectivity index (χ0n) is 16.5. The zero-order valence-corrected chi connectivity index (χ0v) is 16.5. The van der Waals surface area contributed by atoms with Gasteiger partial charge in [0.1, 0.15) is 18.8 Å². The Morgan fingerprint density at radius 2 is 1.81 bits per heavy atom. The molecule has 2 heterocycles. The molecule has 3 N–H and O–H groups in total. The van der Waals surface area contributed by atoms with E-state index in [1.807, 2.05) is 18.2 Å². The van der Waals surface area contributed by atoms with E-state index in [1.165, 1.54) is 10.8 Å². The number of esters is 1. The molecule has 8 nitrogen and oxygen atoms in total. The highest BCUT2D eigenvalue weighted by Crippen LogP contribution is 2.28. The smallest absolute Gasteiger partial charge is 0.329 e. The quantitative estimate of drug-likeness (QED) is 0.627. The third-order valence-electron chi connectivity index (χ3n) is 5.20. The molecule has 1 aliphatic rings. The van der Waals surface area contributed by atoms with Gasteiger partial charge in [0.2, 0.25) is 0 Å². The number of nitrogens with one attached hydrogen (secondary N) is 1. The molecule has 2 aromatic carbocycles. The number of urea groups is 1. The standard InChI is InChI=1S/C22H21FN4O4/c23-15-10-19(20(28)31-13-14-6-2-1-3-7-14)27(11-15)22(30)25-17-12-26(21(24)29)18-9-5-4-8-16(17)18/h1-9,12,15,19H,10-11,13H2,(H2,24,29)(H,25,30)/t15-,19+/m1/s1. The van der Waals surface area contributed by atoms with Crippen molar-refractivity contribution in [1.82, 2.24) is 9.47 Å². The molecular formula is C22H21FN4O4. The summed E-state index contributed by atoms with van der Waals surface area (Å²) in [6.45, 7) is -0.194. The molecule has 1 fully saturated rings. The maximum Gasteiger partial charge on any atom is 0.329 e. The summed E-state index contributed by atoms with van der Waals surface area (Å²) in [7, 11) is 0. The number of rotatable bonds is 4. The van der Waals surface area contributed by atoms with Crippen LogP contribution in [0.2, 0.25) is 0 Å². The first-order chi connectivity index (χ1) is 14.9. The predicted octanol–water partition coefficient (Wildman–Crippen LogP) is 3.26. The fraction of sp³-hybridized carbons (Fsp3) is 0.227. The number of para-hydroxylation sites is 1. The van der Waals surface area contributed by atoms with Gasteiger partial charge in [-0.1, -0.05) is 48.5 Å². The number of hydrogen-bond acceptors (Lipinski definition) is 4. The van der Waals surface area contributed by atoms with E-state index in [4.69, 9.17) is 10.5 Å². The molecule has 0 radical (unpaired) electrons. The molecule has 3 aromatic rings. The number of carbonyl (C=O) groups is 3. The minimum Gasteiger partial charge on any atom is -0.459 e. The average Bonchev–Trinajstić information content (AvgIpc) is 3.34. The number of amides is 3. The van der Waals surface area contributed by atoms with E-state index in [1.54, 1.807) is 36.4 Å². The Labute approximate surface area is 177 Å². The Bertz CT molecular complexity index is 1130. The number of halogens is 1. The van der Waals surface area contributed by atoms with Gasteiger partial charge in [0.15, 0.2) is 0 Å². The molecule has 1 aliphatic heterocycles. The molecule has 3 amide bonds. The lowest BCUT2D eigenvalue weighted by atomic mass is 10.2. The average molecular weight is 424 g/mol. The van der Waals surface area contributed by atoms with Gasteiger partial charge in [-0.05, 0) is 11.6 Å². The SMILES string of the molecule is NC(=O)n1cc(NC(=O)N2C[C@H](F)C[C@H]2C(=O)OCc2ccccc2)c2ccccc21. The Morgan fingerprint density at radius 1 is 1.10 bits per heavy atom. The number of anilines is 1. The number of likely N-dealkylation sites (tertiary alicyclic amines) is 1. The summed E-state index contributed by atoms with van der Waals surface area (Å²) in [6, 6.07) is 13.6. The summed E-state index contributed by atoms with van der Waals surface area (Å²) in [5.41, 5.74) is 7.04. The molecule has 9 heteroatoms. The fourth-order valence-electron chi connectivity index (χ4n) is 3.71. The summed E-state index contributed by atoms with van der Waals surface area (Å²) < 4.78 is 20.6. The topological polar surface area (TPSA) is 107 Å². The maximum absolute atomic E-state index is 14.1. The van der Waals surface area contributed by atoms with Crippen LogP contribution in [0.1, 0.15) is 12.0 Å². The summed E-state index contributed by atoms with van der Waals surface area (Å²) in [5, 5.41) is 3.26. The van der Waals surface area contributed by atoms with Crippen LogP contribution in [-0.2, 0) is 16.1 Å². The van der Waals surface area contributed by atoms with Crippen molar-refractivity contribution in [3.8, 4) is 0 Å². The minimum atomic E-state index is -1.34. The van der Waals surface area contributed by atoms with Gasteiger partial charge in [-0.2, -0.15) is 0 Å². The number of aromatic nitrogens is 1. The number of ether oxygens (including phenoxy) is 1. The molecule has 160 valence electrons. The van der Waals surface area contributed by atoms with Crippen molar-refractivity contribution in [1.29, 1.82) is 0 Å². The van der Waals surface area contributed by atoms with E-state index in [-0.39, 0.29) is 19.6 Å². The molecule has 0 spiro atoms. The number of carbonyl (C=O) groups excluding carboxylic acids is 3.